The summed E-state index contributed by atoms with van der Waals surface area (Å²) in [5.41, 5.74) is 2.73. The maximum absolute atomic E-state index is 4.68. The Morgan fingerprint density at radius 2 is 1.95 bits per heavy atom. The fraction of sp³-hybridized carbons (Fsp3) is 0.312. The van der Waals surface area contributed by atoms with Gasteiger partial charge >= 0.3 is 0 Å². The van der Waals surface area contributed by atoms with E-state index in [4.69, 9.17) is 0 Å². The minimum atomic E-state index is 0.950. The van der Waals surface area contributed by atoms with Crippen LogP contribution in [0, 0.1) is 0 Å². The SMILES string of the molecule is c1ccc(SCCNc2ccc3c(n2)CCC3)cc1. The van der Waals surface area contributed by atoms with Crippen LogP contribution in [0.3, 0.4) is 0 Å². The number of anilines is 1. The molecule has 0 bridgehead atoms. The Morgan fingerprint density at radius 1 is 1.05 bits per heavy atom. The number of hydrogen-bond donors (Lipinski definition) is 1. The molecule has 3 heteroatoms. The van der Waals surface area contributed by atoms with E-state index in [0.717, 1.165) is 24.5 Å². The molecular formula is C16H18N2S. The maximum atomic E-state index is 4.68. The second-order valence-corrected chi connectivity index (χ2v) is 5.91. The highest BCUT2D eigenvalue weighted by Crippen LogP contribution is 2.22. The maximum Gasteiger partial charge on any atom is 0.126 e. The van der Waals surface area contributed by atoms with Crippen LogP contribution in [0.4, 0.5) is 5.82 Å². The molecule has 2 aromatic rings. The second kappa shape index (κ2) is 6.11. The van der Waals surface area contributed by atoms with E-state index in [1.165, 1.54) is 29.0 Å². The van der Waals surface area contributed by atoms with Crippen LogP contribution in [0.5, 0.6) is 0 Å². The van der Waals surface area contributed by atoms with Gasteiger partial charge in [-0.2, -0.15) is 0 Å². The highest BCUT2D eigenvalue weighted by molar-refractivity contribution is 7.99. The van der Waals surface area contributed by atoms with Crippen molar-refractivity contribution in [1.29, 1.82) is 0 Å². The lowest BCUT2D eigenvalue weighted by atomic mass is 10.2. The standard InChI is InChI=1S/C16H18N2S/c1-2-6-14(7-3-1)19-12-11-17-16-10-9-13-5-4-8-15(13)18-16/h1-3,6-7,9-10H,4-5,8,11-12H2,(H,17,18). The molecule has 0 radical (unpaired) electrons. The molecule has 1 aliphatic rings. The molecule has 1 aliphatic carbocycles. The first-order valence-electron chi connectivity index (χ1n) is 6.82. The molecule has 98 valence electrons. The average molecular weight is 270 g/mol. The summed E-state index contributed by atoms with van der Waals surface area (Å²) in [5.74, 6) is 2.08. The van der Waals surface area contributed by atoms with Gasteiger partial charge in [-0.05, 0) is 43.0 Å². The third-order valence-corrected chi connectivity index (χ3v) is 4.36. The number of benzene rings is 1. The van der Waals surface area contributed by atoms with E-state index in [-0.39, 0.29) is 0 Å². The molecule has 0 unspecified atom stereocenters. The van der Waals surface area contributed by atoms with Crippen LogP contribution in [0.1, 0.15) is 17.7 Å². The summed E-state index contributed by atoms with van der Waals surface area (Å²) in [7, 11) is 0. The molecule has 1 aromatic carbocycles. The summed E-state index contributed by atoms with van der Waals surface area (Å²) in [6.45, 7) is 0.950. The minimum absolute atomic E-state index is 0.950. The molecule has 3 rings (SSSR count). The van der Waals surface area contributed by atoms with Gasteiger partial charge in [0.05, 0.1) is 0 Å². The molecular weight excluding hydrogens is 252 g/mol. The lowest BCUT2D eigenvalue weighted by molar-refractivity contribution is 0.899. The first kappa shape index (κ1) is 12.5. The number of hydrogen-bond acceptors (Lipinski definition) is 3. The molecule has 1 aromatic heterocycles. The van der Waals surface area contributed by atoms with E-state index in [1.807, 2.05) is 11.8 Å². The Kier molecular flexibility index (Phi) is 4.04. The van der Waals surface area contributed by atoms with Gasteiger partial charge in [-0.15, -0.1) is 11.8 Å². The van der Waals surface area contributed by atoms with Gasteiger partial charge in [0.25, 0.3) is 0 Å². The zero-order chi connectivity index (χ0) is 12.9. The van der Waals surface area contributed by atoms with E-state index in [2.05, 4.69) is 52.8 Å². The van der Waals surface area contributed by atoms with Crippen LogP contribution in [0.15, 0.2) is 47.4 Å². The molecule has 0 aliphatic heterocycles. The van der Waals surface area contributed by atoms with Crippen molar-refractivity contribution in [3.8, 4) is 0 Å². The fourth-order valence-electron chi connectivity index (χ4n) is 2.38. The van der Waals surface area contributed by atoms with E-state index in [1.54, 1.807) is 0 Å². The normalized spacial score (nSPS) is 13.3. The molecule has 2 nitrogen and oxygen atoms in total. The lowest BCUT2D eigenvalue weighted by Gasteiger charge is -2.07. The quantitative estimate of drug-likeness (QED) is 0.661. The van der Waals surface area contributed by atoms with Crippen molar-refractivity contribution < 1.29 is 0 Å². The van der Waals surface area contributed by atoms with Crippen molar-refractivity contribution in [3.05, 3.63) is 53.7 Å². The highest BCUT2D eigenvalue weighted by atomic mass is 32.2. The van der Waals surface area contributed by atoms with Crippen molar-refractivity contribution >= 4 is 17.6 Å². The van der Waals surface area contributed by atoms with Crippen molar-refractivity contribution in [2.45, 2.75) is 24.2 Å². The summed E-state index contributed by atoms with van der Waals surface area (Å²) >= 11 is 1.87. The topological polar surface area (TPSA) is 24.9 Å². The molecule has 1 heterocycles. The van der Waals surface area contributed by atoms with Crippen LogP contribution in [0.2, 0.25) is 0 Å². The van der Waals surface area contributed by atoms with Crippen molar-refractivity contribution in [3.63, 3.8) is 0 Å². The minimum Gasteiger partial charge on any atom is -0.369 e. The van der Waals surface area contributed by atoms with Gasteiger partial charge in [0.15, 0.2) is 0 Å². The number of rotatable bonds is 5. The van der Waals surface area contributed by atoms with Crippen LogP contribution < -0.4 is 5.32 Å². The monoisotopic (exact) mass is 270 g/mol. The predicted molar refractivity (Wildman–Crippen MR) is 81.9 cm³/mol. The predicted octanol–water partition coefficient (Wildman–Crippen LogP) is 3.77. The largest absolute Gasteiger partial charge is 0.369 e. The number of aryl methyl sites for hydroxylation is 2. The Balaban J connectivity index is 1.48. The van der Waals surface area contributed by atoms with Gasteiger partial charge in [-0.25, -0.2) is 4.98 Å². The van der Waals surface area contributed by atoms with E-state index in [0.29, 0.717) is 0 Å². The highest BCUT2D eigenvalue weighted by Gasteiger charge is 2.11. The molecule has 0 amide bonds. The summed E-state index contributed by atoms with van der Waals surface area (Å²) < 4.78 is 0. The number of nitrogens with one attached hydrogen (secondary N) is 1. The van der Waals surface area contributed by atoms with Crippen LogP contribution in [-0.4, -0.2) is 17.3 Å². The molecule has 0 fully saturated rings. The van der Waals surface area contributed by atoms with Gasteiger partial charge in [-0.1, -0.05) is 24.3 Å². The second-order valence-electron chi connectivity index (χ2n) is 4.74. The van der Waals surface area contributed by atoms with Gasteiger partial charge in [0.1, 0.15) is 5.82 Å². The molecule has 0 atom stereocenters. The number of thioether (sulfide) groups is 1. The third kappa shape index (κ3) is 3.29. The average Bonchev–Trinajstić information content (AvgIpc) is 2.92. The summed E-state index contributed by atoms with van der Waals surface area (Å²) in [6.07, 6.45) is 3.60. The Morgan fingerprint density at radius 3 is 2.84 bits per heavy atom. The van der Waals surface area contributed by atoms with Crippen molar-refractivity contribution in [1.82, 2.24) is 4.98 Å². The fourth-order valence-corrected chi connectivity index (χ4v) is 3.17. The van der Waals surface area contributed by atoms with E-state index >= 15 is 0 Å². The zero-order valence-electron chi connectivity index (χ0n) is 10.9. The zero-order valence-corrected chi connectivity index (χ0v) is 11.7. The molecule has 19 heavy (non-hydrogen) atoms. The first-order valence-corrected chi connectivity index (χ1v) is 7.81. The summed E-state index contributed by atoms with van der Waals surface area (Å²) in [6, 6.07) is 14.8. The molecule has 0 saturated heterocycles. The van der Waals surface area contributed by atoms with Crippen molar-refractivity contribution in [2.24, 2.45) is 0 Å². The number of aromatic nitrogens is 1. The summed E-state index contributed by atoms with van der Waals surface area (Å²) in [5, 5.41) is 3.41. The smallest absolute Gasteiger partial charge is 0.126 e. The number of nitrogens with zero attached hydrogens (tertiary/aromatic N) is 1. The third-order valence-electron chi connectivity index (χ3n) is 3.35. The van der Waals surface area contributed by atoms with Gasteiger partial charge in [0.2, 0.25) is 0 Å². The Labute approximate surface area is 118 Å². The van der Waals surface area contributed by atoms with E-state index < -0.39 is 0 Å². The van der Waals surface area contributed by atoms with Gasteiger partial charge in [0, 0.05) is 22.9 Å². The number of pyridine rings is 1. The lowest BCUT2D eigenvalue weighted by Crippen LogP contribution is -2.06. The van der Waals surface area contributed by atoms with Crippen LogP contribution >= 0.6 is 11.8 Å². The first-order chi connectivity index (χ1) is 9.42. The molecule has 0 saturated carbocycles. The molecule has 0 spiro atoms. The van der Waals surface area contributed by atoms with Crippen molar-refractivity contribution in [2.75, 3.05) is 17.6 Å². The van der Waals surface area contributed by atoms with Gasteiger partial charge in [-0.3, -0.25) is 0 Å². The van der Waals surface area contributed by atoms with Crippen LogP contribution in [-0.2, 0) is 12.8 Å². The molecule has 1 N–H and O–H groups in total. The Hall–Kier alpha value is -1.48. The number of fused-ring (bicyclic) bond motifs is 1. The van der Waals surface area contributed by atoms with Crippen LogP contribution in [0.25, 0.3) is 0 Å². The van der Waals surface area contributed by atoms with Gasteiger partial charge < -0.3 is 5.32 Å². The van der Waals surface area contributed by atoms with E-state index in [9.17, 15) is 0 Å². The summed E-state index contributed by atoms with van der Waals surface area (Å²) in [4.78, 5) is 6.00. The Bertz CT molecular complexity index is 540.